The first kappa shape index (κ1) is 21.4. The summed E-state index contributed by atoms with van der Waals surface area (Å²) in [6.07, 6.45) is 2.31. The molecule has 0 aliphatic heterocycles. The Hall–Kier alpha value is -1.60. The number of sulfonamides is 1. The second-order valence-electron chi connectivity index (χ2n) is 5.68. The summed E-state index contributed by atoms with van der Waals surface area (Å²) in [5, 5.41) is 5.43. The summed E-state index contributed by atoms with van der Waals surface area (Å²) < 4.78 is 30.0. The largest absolute Gasteiger partial charge is 0.493 e. The van der Waals surface area contributed by atoms with Gasteiger partial charge in [0.05, 0.1) is 11.5 Å². The minimum absolute atomic E-state index is 0. The number of hydrogen-bond acceptors (Lipinski definition) is 4. The maximum atomic E-state index is 12.1. The number of nitrogens with two attached hydrogens (primary N) is 2. The molecule has 0 heterocycles. The van der Waals surface area contributed by atoms with Crippen LogP contribution in [-0.2, 0) is 23.0 Å². The average Bonchev–Trinajstić information content (AvgIpc) is 2.56. The lowest BCUT2D eigenvalue weighted by atomic mass is 10.0. The van der Waals surface area contributed by atoms with Crippen molar-refractivity contribution in [2.45, 2.75) is 37.6 Å². The maximum Gasteiger partial charge on any atom is 0.238 e. The molecule has 138 valence electrons. The van der Waals surface area contributed by atoms with Crippen molar-refractivity contribution in [2.24, 2.45) is 10.9 Å². The predicted molar refractivity (Wildman–Crippen MR) is 103 cm³/mol. The summed E-state index contributed by atoms with van der Waals surface area (Å²) in [7, 11) is -3.87. The number of hydrogen-bond donors (Lipinski definition) is 2. The maximum absolute atomic E-state index is 12.1. The van der Waals surface area contributed by atoms with Gasteiger partial charge in [0, 0.05) is 18.5 Å². The molecular formula is C18H25ClN2O3S. The van der Waals surface area contributed by atoms with Crippen molar-refractivity contribution in [1.29, 1.82) is 0 Å². The zero-order valence-corrected chi connectivity index (χ0v) is 15.9. The number of halogens is 1. The fourth-order valence-electron chi connectivity index (χ4n) is 2.48. The molecule has 0 fully saturated rings. The van der Waals surface area contributed by atoms with E-state index < -0.39 is 10.0 Å². The van der Waals surface area contributed by atoms with Gasteiger partial charge in [0.1, 0.15) is 5.75 Å². The Morgan fingerprint density at radius 1 is 1.08 bits per heavy atom. The van der Waals surface area contributed by atoms with Crippen LogP contribution in [0, 0.1) is 0 Å². The Kier molecular flexibility index (Phi) is 8.38. The molecule has 0 amide bonds. The first-order valence-electron chi connectivity index (χ1n) is 8.01. The van der Waals surface area contributed by atoms with E-state index in [1.165, 1.54) is 0 Å². The molecule has 0 saturated carbocycles. The molecule has 0 aliphatic carbocycles. The van der Waals surface area contributed by atoms with E-state index in [4.69, 9.17) is 15.6 Å². The van der Waals surface area contributed by atoms with Crippen molar-refractivity contribution in [3.63, 3.8) is 0 Å². The van der Waals surface area contributed by atoms with Gasteiger partial charge >= 0.3 is 0 Å². The lowest BCUT2D eigenvalue weighted by Crippen LogP contribution is -2.17. The van der Waals surface area contributed by atoms with E-state index in [-0.39, 0.29) is 23.8 Å². The quantitative estimate of drug-likeness (QED) is 0.684. The van der Waals surface area contributed by atoms with Gasteiger partial charge < -0.3 is 10.5 Å². The molecular weight excluding hydrogens is 360 g/mol. The summed E-state index contributed by atoms with van der Waals surface area (Å²) in [5.74, 6) is 0.541. The monoisotopic (exact) mass is 384 g/mol. The minimum Gasteiger partial charge on any atom is -0.493 e. The van der Waals surface area contributed by atoms with Crippen LogP contribution in [0.4, 0.5) is 0 Å². The Labute approximate surface area is 155 Å². The lowest BCUT2D eigenvalue weighted by Gasteiger charge is -2.17. The van der Waals surface area contributed by atoms with Gasteiger partial charge in [-0.2, -0.15) is 0 Å². The van der Waals surface area contributed by atoms with Crippen molar-refractivity contribution in [1.82, 2.24) is 0 Å². The van der Waals surface area contributed by atoms with Gasteiger partial charge in [0.2, 0.25) is 10.0 Å². The first-order chi connectivity index (χ1) is 11.5. The highest BCUT2D eigenvalue weighted by Gasteiger charge is 2.20. The zero-order chi connectivity index (χ0) is 17.6. The first-order valence-corrected chi connectivity index (χ1v) is 9.55. The van der Waals surface area contributed by atoms with Gasteiger partial charge in [0.15, 0.2) is 0 Å². The van der Waals surface area contributed by atoms with Crippen molar-refractivity contribution < 1.29 is 13.2 Å². The second kappa shape index (κ2) is 9.77. The third kappa shape index (κ3) is 6.01. The van der Waals surface area contributed by atoms with Crippen LogP contribution < -0.4 is 15.6 Å². The molecule has 0 bridgehead atoms. The number of rotatable bonds is 8. The highest BCUT2D eigenvalue weighted by Crippen LogP contribution is 2.30. The fourth-order valence-corrected chi connectivity index (χ4v) is 3.31. The molecule has 2 aromatic rings. The second-order valence-corrected chi connectivity index (χ2v) is 7.21. The van der Waals surface area contributed by atoms with Gasteiger partial charge in [-0.15, -0.1) is 12.4 Å². The third-order valence-electron chi connectivity index (χ3n) is 3.75. The highest BCUT2D eigenvalue weighted by atomic mass is 35.5. The number of primary sulfonamides is 1. The van der Waals surface area contributed by atoms with Gasteiger partial charge in [0.25, 0.3) is 0 Å². The number of unbranched alkanes of at least 4 members (excludes halogenated alkanes) is 1. The molecule has 0 aromatic heterocycles. The van der Waals surface area contributed by atoms with Crippen LogP contribution in [0.5, 0.6) is 5.75 Å². The summed E-state index contributed by atoms with van der Waals surface area (Å²) in [6.45, 7) is 2.81. The summed E-state index contributed by atoms with van der Waals surface area (Å²) in [6, 6.07) is 13.0. The number of benzene rings is 2. The molecule has 4 N–H and O–H groups in total. The molecule has 2 aromatic carbocycles. The summed E-state index contributed by atoms with van der Waals surface area (Å²) >= 11 is 0. The van der Waals surface area contributed by atoms with Gasteiger partial charge in [-0.25, -0.2) is 13.6 Å². The van der Waals surface area contributed by atoms with E-state index in [9.17, 15) is 8.42 Å². The normalized spacial score (nSPS) is 11.0. The van der Waals surface area contributed by atoms with E-state index in [0.29, 0.717) is 29.9 Å². The van der Waals surface area contributed by atoms with Crippen molar-refractivity contribution in [2.75, 3.05) is 6.61 Å². The van der Waals surface area contributed by atoms with Crippen LogP contribution in [0.3, 0.4) is 0 Å². The molecule has 2 rings (SSSR count). The van der Waals surface area contributed by atoms with Gasteiger partial charge in [-0.3, -0.25) is 0 Å². The van der Waals surface area contributed by atoms with Crippen molar-refractivity contribution in [3.8, 4) is 5.75 Å². The zero-order valence-electron chi connectivity index (χ0n) is 14.3. The van der Waals surface area contributed by atoms with Crippen LogP contribution in [-0.4, -0.2) is 15.0 Å². The molecule has 0 spiro atoms. The van der Waals surface area contributed by atoms with Crippen LogP contribution in [0.25, 0.3) is 0 Å². The summed E-state index contributed by atoms with van der Waals surface area (Å²) in [5.41, 5.74) is 7.95. The van der Waals surface area contributed by atoms with Gasteiger partial charge in [-0.05, 0) is 29.7 Å². The van der Waals surface area contributed by atoms with Gasteiger partial charge in [-0.1, -0.05) is 43.7 Å². The standard InChI is InChI=1S/C18H24N2O3S.ClH/c1-2-3-9-23-17-11-15(13-19)12-18(24(20,21)22)16(17)10-14-7-5-4-6-8-14;/h4-8,11-12H,2-3,9-10,13,19H2,1H3,(H2,20,21,22);1H. The van der Waals surface area contributed by atoms with E-state index in [2.05, 4.69) is 6.92 Å². The average molecular weight is 385 g/mol. The Morgan fingerprint density at radius 2 is 1.76 bits per heavy atom. The molecule has 25 heavy (non-hydrogen) atoms. The molecule has 0 radical (unpaired) electrons. The highest BCUT2D eigenvalue weighted by molar-refractivity contribution is 7.89. The van der Waals surface area contributed by atoms with Crippen LogP contribution >= 0.6 is 12.4 Å². The van der Waals surface area contributed by atoms with Crippen LogP contribution in [0.1, 0.15) is 36.5 Å². The summed E-state index contributed by atoms with van der Waals surface area (Å²) in [4.78, 5) is 0.0841. The van der Waals surface area contributed by atoms with Crippen LogP contribution in [0.15, 0.2) is 47.4 Å². The van der Waals surface area contributed by atoms with E-state index in [0.717, 1.165) is 18.4 Å². The lowest BCUT2D eigenvalue weighted by molar-refractivity contribution is 0.305. The molecule has 5 nitrogen and oxygen atoms in total. The van der Waals surface area contributed by atoms with E-state index >= 15 is 0 Å². The number of ether oxygens (including phenoxy) is 1. The third-order valence-corrected chi connectivity index (χ3v) is 4.73. The fraction of sp³-hybridized carbons (Fsp3) is 0.333. The molecule has 0 saturated heterocycles. The minimum atomic E-state index is -3.87. The Bertz CT molecular complexity index is 780. The Balaban J connectivity index is 0.00000312. The molecule has 0 unspecified atom stereocenters. The SMILES string of the molecule is CCCCOc1cc(CN)cc(S(N)(=O)=O)c1Cc1ccccc1.Cl. The van der Waals surface area contributed by atoms with Crippen molar-refractivity contribution >= 4 is 22.4 Å². The van der Waals surface area contributed by atoms with Crippen molar-refractivity contribution in [3.05, 3.63) is 59.2 Å². The molecule has 0 atom stereocenters. The van der Waals surface area contributed by atoms with E-state index in [1.807, 2.05) is 36.4 Å². The van der Waals surface area contributed by atoms with E-state index in [1.54, 1.807) is 6.07 Å². The molecule has 0 aliphatic rings. The predicted octanol–water partition coefficient (Wildman–Crippen LogP) is 2.98. The molecule has 7 heteroatoms. The smallest absolute Gasteiger partial charge is 0.238 e. The Morgan fingerprint density at radius 3 is 2.32 bits per heavy atom. The van der Waals surface area contributed by atoms with Crippen LogP contribution in [0.2, 0.25) is 0 Å². The topological polar surface area (TPSA) is 95.4 Å².